The molecular formula is C8H4ClN3. The number of hydrogen-bond acceptors (Lipinski definition) is 2. The maximum atomic E-state index is 8.71. The summed E-state index contributed by atoms with van der Waals surface area (Å²) in [5, 5.41) is 8.96. The van der Waals surface area contributed by atoms with E-state index < -0.39 is 0 Å². The van der Waals surface area contributed by atoms with Gasteiger partial charge in [-0.25, -0.2) is 4.98 Å². The molecule has 3 nitrogen and oxygen atoms in total. The zero-order chi connectivity index (χ0) is 8.55. The van der Waals surface area contributed by atoms with E-state index in [2.05, 4.69) is 4.98 Å². The van der Waals surface area contributed by atoms with Crippen LogP contribution in [-0.4, -0.2) is 9.38 Å². The van der Waals surface area contributed by atoms with Gasteiger partial charge in [-0.2, -0.15) is 5.26 Å². The summed E-state index contributed by atoms with van der Waals surface area (Å²) in [7, 11) is 0. The van der Waals surface area contributed by atoms with Gasteiger partial charge in [0.25, 0.3) is 0 Å². The fraction of sp³-hybridized carbons (Fsp3) is 0. The fourth-order valence-corrected chi connectivity index (χ4v) is 1.29. The molecule has 0 amide bonds. The van der Waals surface area contributed by atoms with Crippen LogP contribution in [0.1, 0.15) is 5.69 Å². The first kappa shape index (κ1) is 7.14. The maximum Gasteiger partial charge on any atom is 0.166 e. The van der Waals surface area contributed by atoms with Crippen LogP contribution in [0.5, 0.6) is 0 Å². The molecule has 0 atom stereocenters. The first-order chi connectivity index (χ1) is 5.83. The number of nitrogens with zero attached hydrogens (tertiary/aromatic N) is 3. The molecule has 0 unspecified atom stereocenters. The molecule has 0 aliphatic carbocycles. The molecule has 0 radical (unpaired) electrons. The predicted octanol–water partition coefficient (Wildman–Crippen LogP) is 1.86. The molecule has 0 spiro atoms. The molecule has 0 aliphatic heterocycles. The van der Waals surface area contributed by atoms with Gasteiger partial charge < -0.3 is 0 Å². The number of fused-ring (bicyclic) bond motifs is 1. The zero-order valence-corrected chi connectivity index (χ0v) is 6.78. The van der Waals surface area contributed by atoms with Crippen molar-refractivity contribution in [3.63, 3.8) is 0 Å². The van der Waals surface area contributed by atoms with Crippen LogP contribution in [0.25, 0.3) is 5.65 Å². The molecule has 0 bridgehead atoms. The summed E-state index contributed by atoms with van der Waals surface area (Å²) >= 11 is 5.71. The fourth-order valence-electron chi connectivity index (χ4n) is 1.07. The monoisotopic (exact) mass is 177 g/mol. The Balaban J connectivity index is 2.93. The van der Waals surface area contributed by atoms with Crippen LogP contribution in [0.4, 0.5) is 0 Å². The summed E-state index contributed by atoms with van der Waals surface area (Å²) < 4.78 is 1.66. The van der Waals surface area contributed by atoms with Gasteiger partial charge in [-0.15, -0.1) is 0 Å². The molecule has 2 aromatic heterocycles. The lowest BCUT2D eigenvalue weighted by molar-refractivity contribution is 1.15. The molecule has 2 aromatic rings. The van der Waals surface area contributed by atoms with E-state index >= 15 is 0 Å². The lowest BCUT2D eigenvalue weighted by Crippen LogP contribution is -1.85. The smallest absolute Gasteiger partial charge is 0.166 e. The average Bonchev–Trinajstić information content (AvgIpc) is 2.40. The van der Waals surface area contributed by atoms with Gasteiger partial charge in [0.05, 0.1) is 0 Å². The first-order valence-corrected chi connectivity index (χ1v) is 3.73. The minimum Gasteiger partial charge on any atom is -0.290 e. The highest BCUT2D eigenvalue weighted by Gasteiger charge is 2.07. The third-order valence-electron chi connectivity index (χ3n) is 1.59. The Bertz CT molecular complexity index is 467. The van der Waals surface area contributed by atoms with Gasteiger partial charge in [0.15, 0.2) is 10.8 Å². The standard InChI is InChI=1S/C8H4ClN3/c9-8-6(5-10)12-4-2-1-3-7(12)11-8/h1-4H. The summed E-state index contributed by atoms with van der Waals surface area (Å²) in [5.74, 6) is 0. The van der Waals surface area contributed by atoms with Crippen molar-refractivity contribution in [3.05, 3.63) is 35.2 Å². The Labute approximate surface area is 73.8 Å². The van der Waals surface area contributed by atoms with Gasteiger partial charge in [0.1, 0.15) is 11.7 Å². The molecule has 2 rings (SSSR count). The molecule has 2 heterocycles. The quantitative estimate of drug-likeness (QED) is 0.616. The van der Waals surface area contributed by atoms with Crippen molar-refractivity contribution in [1.82, 2.24) is 9.38 Å². The number of aromatic nitrogens is 2. The minimum atomic E-state index is 0.253. The van der Waals surface area contributed by atoms with Gasteiger partial charge in [0.2, 0.25) is 0 Å². The highest BCUT2D eigenvalue weighted by atomic mass is 35.5. The largest absolute Gasteiger partial charge is 0.290 e. The second kappa shape index (κ2) is 2.50. The molecule has 0 N–H and O–H groups in total. The Kier molecular flexibility index (Phi) is 1.49. The maximum absolute atomic E-state index is 8.71. The van der Waals surface area contributed by atoms with Crippen molar-refractivity contribution in [2.75, 3.05) is 0 Å². The van der Waals surface area contributed by atoms with E-state index in [1.807, 2.05) is 18.2 Å². The molecular weight excluding hydrogens is 174 g/mol. The van der Waals surface area contributed by atoms with Gasteiger partial charge >= 0.3 is 0 Å². The van der Waals surface area contributed by atoms with Gasteiger partial charge in [0, 0.05) is 6.20 Å². The van der Waals surface area contributed by atoms with E-state index in [4.69, 9.17) is 16.9 Å². The number of imidazole rings is 1. The van der Waals surface area contributed by atoms with E-state index in [1.165, 1.54) is 0 Å². The highest BCUT2D eigenvalue weighted by molar-refractivity contribution is 6.30. The van der Waals surface area contributed by atoms with Gasteiger partial charge in [-0.05, 0) is 12.1 Å². The molecule has 0 saturated carbocycles. The van der Waals surface area contributed by atoms with Crippen molar-refractivity contribution < 1.29 is 0 Å². The van der Waals surface area contributed by atoms with E-state index in [0.29, 0.717) is 11.3 Å². The Hall–Kier alpha value is -1.53. The number of rotatable bonds is 0. The molecule has 0 aromatic carbocycles. The molecule has 0 saturated heterocycles. The zero-order valence-electron chi connectivity index (χ0n) is 6.03. The van der Waals surface area contributed by atoms with Crippen LogP contribution in [-0.2, 0) is 0 Å². The number of pyridine rings is 1. The minimum absolute atomic E-state index is 0.253. The highest BCUT2D eigenvalue weighted by Crippen LogP contribution is 2.15. The molecule has 0 fully saturated rings. The van der Waals surface area contributed by atoms with Crippen LogP contribution in [0, 0.1) is 11.3 Å². The normalized spacial score (nSPS) is 10.0. The Morgan fingerprint density at radius 3 is 3.08 bits per heavy atom. The summed E-state index contributed by atoms with van der Waals surface area (Å²) in [6.45, 7) is 0. The third kappa shape index (κ3) is 0.858. The van der Waals surface area contributed by atoms with Crippen LogP contribution in [0.15, 0.2) is 24.4 Å². The number of halogens is 1. The Morgan fingerprint density at radius 1 is 1.50 bits per heavy atom. The summed E-state index contributed by atoms with van der Waals surface area (Å²) in [6.07, 6.45) is 1.76. The summed E-state index contributed by atoms with van der Waals surface area (Å²) in [4.78, 5) is 3.99. The SMILES string of the molecule is N#Cc1c(Cl)nc2ccccn12. The summed E-state index contributed by atoms with van der Waals surface area (Å²) in [5.41, 5.74) is 1.08. The van der Waals surface area contributed by atoms with Crippen molar-refractivity contribution in [1.29, 1.82) is 5.26 Å². The van der Waals surface area contributed by atoms with Crippen LogP contribution in [0.3, 0.4) is 0 Å². The third-order valence-corrected chi connectivity index (χ3v) is 1.86. The first-order valence-electron chi connectivity index (χ1n) is 3.35. The van der Waals surface area contributed by atoms with E-state index in [-0.39, 0.29) is 5.15 Å². The molecule has 12 heavy (non-hydrogen) atoms. The Morgan fingerprint density at radius 2 is 2.33 bits per heavy atom. The number of nitriles is 1. The van der Waals surface area contributed by atoms with Crippen LogP contribution < -0.4 is 0 Å². The predicted molar refractivity (Wildman–Crippen MR) is 44.9 cm³/mol. The van der Waals surface area contributed by atoms with Crippen molar-refractivity contribution in [2.24, 2.45) is 0 Å². The van der Waals surface area contributed by atoms with Crippen molar-refractivity contribution in [3.8, 4) is 6.07 Å². The van der Waals surface area contributed by atoms with Gasteiger partial charge in [-0.1, -0.05) is 17.7 Å². The topological polar surface area (TPSA) is 41.1 Å². The molecule has 58 valence electrons. The molecule has 0 aliphatic rings. The van der Waals surface area contributed by atoms with E-state index in [1.54, 1.807) is 16.7 Å². The second-order valence-corrected chi connectivity index (χ2v) is 2.65. The lowest BCUT2D eigenvalue weighted by Gasteiger charge is -1.90. The van der Waals surface area contributed by atoms with Crippen LogP contribution >= 0.6 is 11.6 Å². The summed E-state index contributed by atoms with van der Waals surface area (Å²) in [6, 6.07) is 7.46. The van der Waals surface area contributed by atoms with Crippen LogP contribution in [0.2, 0.25) is 5.15 Å². The number of hydrogen-bond donors (Lipinski definition) is 0. The van der Waals surface area contributed by atoms with Gasteiger partial charge in [-0.3, -0.25) is 4.40 Å². The lowest BCUT2D eigenvalue weighted by atomic mass is 10.4. The van der Waals surface area contributed by atoms with Crippen molar-refractivity contribution >= 4 is 17.2 Å². The average molecular weight is 178 g/mol. The van der Waals surface area contributed by atoms with Crippen molar-refractivity contribution in [2.45, 2.75) is 0 Å². The van der Waals surface area contributed by atoms with E-state index in [9.17, 15) is 0 Å². The second-order valence-electron chi connectivity index (χ2n) is 2.29. The van der Waals surface area contributed by atoms with E-state index in [0.717, 1.165) is 0 Å². The molecule has 4 heteroatoms.